The first-order valence-corrected chi connectivity index (χ1v) is 8.01. The minimum atomic E-state index is 0. The van der Waals surface area contributed by atoms with E-state index >= 15 is 0 Å². The molecule has 0 bridgehead atoms. The Morgan fingerprint density at radius 2 is 1.54 bits per heavy atom. The van der Waals surface area contributed by atoms with E-state index in [1.54, 1.807) is 0 Å². The van der Waals surface area contributed by atoms with Gasteiger partial charge in [-0.2, -0.15) is 11.4 Å². The van der Waals surface area contributed by atoms with Crippen molar-refractivity contribution in [1.82, 2.24) is 9.97 Å². The van der Waals surface area contributed by atoms with Crippen molar-refractivity contribution in [1.29, 1.82) is 0 Å². The van der Waals surface area contributed by atoms with Crippen LogP contribution in [0.3, 0.4) is 0 Å². The number of aromatic nitrogens is 2. The van der Waals surface area contributed by atoms with Gasteiger partial charge in [0.05, 0.1) is 0 Å². The van der Waals surface area contributed by atoms with Gasteiger partial charge in [-0.3, -0.25) is 4.99 Å². The summed E-state index contributed by atoms with van der Waals surface area (Å²) in [7, 11) is 0. The molecular formula is C18H25ClN4V. The Balaban J connectivity index is 0.00000264. The van der Waals surface area contributed by atoms with E-state index < -0.39 is 0 Å². The average molecular weight is 384 g/mol. The predicted molar refractivity (Wildman–Crippen MR) is 90.9 cm³/mol. The van der Waals surface area contributed by atoms with Crippen LogP contribution in [0.1, 0.15) is 48.5 Å². The van der Waals surface area contributed by atoms with Crippen molar-refractivity contribution >= 4 is 12.4 Å². The van der Waals surface area contributed by atoms with Crippen LogP contribution < -0.4 is 27.4 Å². The molecule has 2 heterocycles. The molecule has 2 aromatic heterocycles. The number of halogens is 1. The van der Waals surface area contributed by atoms with Crippen molar-refractivity contribution in [2.75, 3.05) is 13.1 Å². The zero-order chi connectivity index (χ0) is 15.6. The maximum atomic E-state index is 4.41. The molecular weight excluding hydrogens is 359 g/mol. The SMILES string of the molecule is Cc1ccc(C=NCCCCCC[NH+]=Cc2ccc(C)[n-]2)[n-]1.[Cl-].[V+2]. The van der Waals surface area contributed by atoms with E-state index in [2.05, 4.69) is 20.0 Å². The number of aliphatic imine (C=N–C) groups is 1. The number of rotatable bonds is 9. The summed E-state index contributed by atoms with van der Waals surface area (Å²) in [6, 6.07) is 8.07. The molecule has 129 valence electrons. The molecule has 0 unspecified atom stereocenters. The molecule has 2 aromatic rings. The van der Waals surface area contributed by atoms with E-state index in [1.165, 1.54) is 19.3 Å². The van der Waals surface area contributed by atoms with Gasteiger partial charge >= 0.3 is 18.6 Å². The van der Waals surface area contributed by atoms with Gasteiger partial charge < -0.3 is 22.4 Å². The van der Waals surface area contributed by atoms with E-state index in [0.29, 0.717) is 0 Å². The van der Waals surface area contributed by atoms with Gasteiger partial charge in [-0.15, -0.1) is 5.69 Å². The summed E-state index contributed by atoms with van der Waals surface area (Å²) in [5.74, 6) is 0. The van der Waals surface area contributed by atoms with Crippen LogP contribution >= 0.6 is 0 Å². The molecule has 0 saturated heterocycles. The Hall–Kier alpha value is -1.23. The van der Waals surface area contributed by atoms with Crippen molar-refractivity contribution in [3.63, 3.8) is 0 Å². The van der Waals surface area contributed by atoms with Crippen LogP contribution in [-0.4, -0.2) is 25.5 Å². The van der Waals surface area contributed by atoms with Crippen molar-refractivity contribution in [2.45, 2.75) is 39.5 Å². The van der Waals surface area contributed by atoms with Crippen LogP contribution in [0, 0.1) is 13.8 Å². The quantitative estimate of drug-likeness (QED) is 0.419. The molecule has 0 spiro atoms. The first-order chi connectivity index (χ1) is 10.7. The van der Waals surface area contributed by atoms with Crippen molar-refractivity contribution < 1.29 is 36.0 Å². The first-order valence-electron chi connectivity index (χ1n) is 8.01. The normalized spacial score (nSPS) is 10.9. The fraction of sp³-hybridized carbons (Fsp3) is 0.444. The maximum absolute atomic E-state index is 4.41. The molecule has 4 nitrogen and oxygen atoms in total. The summed E-state index contributed by atoms with van der Waals surface area (Å²) in [6.07, 6.45) is 8.65. The Bertz CT molecular complexity index is 562. The van der Waals surface area contributed by atoms with E-state index in [0.717, 1.165) is 42.3 Å². The molecule has 0 aliphatic rings. The maximum Gasteiger partial charge on any atom is 2.00 e. The van der Waals surface area contributed by atoms with E-state index in [9.17, 15) is 0 Å². The molecule has 0 saturated carbocycles. The Morgan fingerprint density at radius 1 is 0.917 bits per heavy atom. The molecule has 0 aliphatic heterocycles. The number of nitrogens with one attached hydrogen (secondary N) is 1. The summed E-state index contributed by atoms with van der Waals surface area (Å²) < 4.78 is 0. The molecule has 2 rings (SSSR count). The fourth-order valence-corrected chi connectivity index (χ4v) is 2.24. The minimum Gasteiger partial charge on any atom is -1.00 e. The minimum absolute atomic E-state index is 0. The van der Waals surface area contributed by atoms with Crippen LogP contribution in [0.25, 0.3) is 0 Å². The summed E-state index contributed by atoms with van der Waals surface area (Å²) in [4.78, 5) is 16.4. The Morgan fingerprint density at radius 3 is 2.17 bits per heavy atom. The van der Waals surface area contributed by atoms with Crippen LogP contribution in [0.4, 0.5) is 0 Å². The average Bonchev–Trinajstić information content (AvgIpc) is 3.09. The van der Waals surface area contributed by atoms with Crippen LogP contribution in [-0.2, 0) is 18.6 Å². The molecule has 0 amide bonds. The van der Waals surface area contributed by atoms with Gasteiger partial charge in [0.2, 0.25) is 0 Å². The van der Waals surface area contributed by atoms with E-state index in [4.69, 9.17) is 0 Å². The summed E-state index contributed by atoms with van der Waals surface area (Å²) in [6.45, 7) is 5.90. The van der Waals surface area contributed by atoms with Crippen molar-refractivity contribution in [3.05, 3.63) is 47.0 Å². The third-order valence-corrected chi connectivity index (χ3v) is 3.43. The second kappa shape index (κ2) is 13.1. The van der Waals surface area contributed by atoms with Gasteiger partial charge in [-0.1, -0.05) is 50.2 Å². The van der Waals surface area contributed by atoms with Crippen LogP contribution in [0.15, 0.2) is 29.3 Å². The Kier molecular flexibility index (Phi) is 12.4. The van der Waals surface area contributed by atoms with Gasteiger partial charge in [0.1, 0.15) is 12.8 Å². The van der Waals surface area contributed by atoms with Crippen molar-refractivity contribution in [3.8, 4) is 0 Å². The topological polar surface area (TPSA) is 54.5 Å². The smallest absolute Gasteiger partial charge is 1.00 e. The largest absolute Gasteiger partial charge is 2.00 e. The summed E-state index contributed by atoms with van der Waals surface area (Å²) >= 11 is 0. The van der Waals surface area contributed by atoms with Gasteiger partial charge in [-0.25, -0.2) is 4.99 Å². The van der Waals surface area contributed by atoms with Crippen LogP contribution in [0.5, 0.6) is 0 Å². The van der Waals surface area contributed by atoms with E-state index in [1.807, 2.05) is 50.5 Å². The summed E-state index contributed by atoms with van der Waals surface area (Å²) in [5, 5.41) is 0. The fourth-order valence-electron chi connectivity index (χ4n) is 2.24. The second-order valence-electron chi connectivity index (χ2n) is 5.57. The van der Waals surface area contributed by atoms with E-state index in [-0.39, 0.29) is 31.0 Å². The third kappa shape index (κ3) is 9.16. The van der Waals surface area contributed by atoms with Crippen molar-refractivity contribution in [2.24, 2.45) is 4.99 Å². The number of unbranched alkanes of at least 4 members (excludes halogenated alkanes) is 3. The molecule has 6 heteroatoms. The predicted octanol–water partition coefficient (Wildman–Crippen LogP) is -1.60. The zero-order valence-electron chi connectivity index (χ0n) is 14.4. The van der Waals surface area contributed by atoms with Crippen LogP contribution in [0.2, 0.25) is 0 Å². The molecule has 0 aromatic carbocycles. The van der Waals surface area contributed by atoms with Gasteiger partial charge in [-0.05, 0) is 12.8 Å². The second-order valence-corrected chi connectivity index (χ2v) is 5.57. The molecule has 1 radical (unpaired) electrons. The van der Waals surface area contributed by atoms with Gasteiger partial charge in [0, 0.05) is 19.2 Å². The monoisotopic (exact) mass is 383 g/mol. The summed E-state index contributed by atoms with van der Waals surface area (Å²) in [5.41, 5.74) is 4.11. The standard InChI is InChI=1S/C18H24N4.ClH.V/c1-15-7-9-17(21-15)13-19-11-5-3-4-6-12-20-14-18-10-8-16(2)22-18;;/h7-10,13-14H,3-6,11-12H2,1-2H3;1H;/q-2;;+2. The molecule has 0 aliphatic carbocycles. The number of aryl methyl sites for hydroxylation is 2. The Labute approximate surface area is 163 Å². The molecule has 1 N–H and O–H groups in total. The van der Waals surface area contributed by atoms with Gasteiger partial charge in [0.25, 0.3) is 0 Å². The number of nitrogens with zero attached hydrogens (tertiary/aromatic N) is 3. The molecule has 0 atom stereocenters. The number of hydrogen-bond acceptors (Lipinski definition) is 1. The van der Waals surface area contributed by atoms with Gasteiger partial charge in [0.15, 0.2) is 0 Å². The number of hydrogen-bond donors (Lipinski definition) is 1. The first kappa shape index (κ1) is 22.8. The third-order valence-electron chi connectivity index (χ3n) is 3.43. The molecule has 0 fully saturated rings. The zero-order valence-corrected chi connectivity index (χ0v) is 16.5. The molecule has 24 heavy (non-hydrogen) atoms.